The molecule has 0 aromatic heterocycles. The lowest BCUT2D eigenvalue weighted by atomic mass is 10.1. The molecule has 0 unspecified atom stereocenters. The van der Waals surface area contributed by atoms with E-state index in [0.29, 0.717) is 11.1 Å². The fraction of sp³-hybridized carbons (Fsp3) is 0.167. The molecule has 12 heteroatoms. The van der Waals surface area contributed by atoms with E-state index in [1.807, 2.05) is 0 Å². The van der Waals surface area contributed by atoms with E-state index < -0.39 is 36.2 Å². The minimum atomic E-state index is -4.84. The van der Waals surface area contributed by atoms with Crippen molar-refractivity contribution in [1.29, 1.82) is 0 Å². The molecule has 0 atom stereocenters. The molecule has 0 aliphatic carbocycles. The highest BCUT2D eigenvalue weighted by Crippen LogP contribution is 2.24. The number of ether oxygens (including phenoxy) is 4. The van der Waals surface area contributed by atoms with Gasteiger partial charge in [0.2, 0.25) is 0 Å². The van der Waals surface area contributed by atoms with E-state index in [-0.39, 0.29) is 24.3 Å². The Bertz CT molecular complexity index is 1090. The zero-order chi connectivity index (χ0) is 26.3. The molecule has 6 nitrogen and oxygen atoms in total. The lowest BCUT2D eigenvalue weighted by Gasteiger charge is -2.11. The van der Waals surface area contributed by atoms with E-state index >= 15 is 0 Å². The first-order chi connectivity index (χ1) is 16.9. The molecule has 0 radical (unpaired) electrons. The number of rotatable bonds is 8. The Morgan fingerprint density at radius 1 is 0.556 bits per heavy atom. The molecular formula is C24H16F6O6. The number of benzene rings is 3. The van der Waals surface area contributed by atoms with Gasteiger partial charge >= 0.3 is 24.7 Å². The van der Waals surface area contributed by atoms with Gasteiger partial charge in [-0.05, 0) is 47.5 Å². The molecule has 0 saturated carbocycles. The zero-order valence-electron chi connectivity index (χ0n) is 18.1. The molecule has 0 spiro atoms. The summed E-state index contributed by atoms with van der Waals surface area (Å²) in [6.07, 6.45) is -9.67. The molecule has 0 amide bonds. The van der Waals surface area contributed by atoms with E-state index in [0.717, 1.165) is 24.3 Å². The van der Waals surface area contributed by atoms with Crippen LogP contribution in [0.5, 0.6) is 11.5 Å². The van der Waals surface area contributed by atoms with Gasteiger partial charge in [0.05, 0.1) is 11.1 Å². The smallest absolute Gasteiger partial charge is 0.457 e. The van der Waals surface area contributed by atoms with Crippen molar-refractivity contribution in [2.45, 2.75) is 25.9 Å². The fourth-order valence-electron chi connectivity index (χ4n) is 2.87. The number of halogens is 6. The van der Waals surface area contributed by atoms with Crippen LogP contribution in [0.2, 0.25) is 0 Å². The maximum atomic E-state index is 12.5. The summed E-state index contributed by atoms with van der Waals surface area (Å²) in [5.74, 6) is -2.64. The van der Waals surface area contributed by atoms with Gasteiger partial charge in [-0.3, -0.25) is 0 Å². The lowest BCUT2D eigenvalue weighted by Crippen LogP contribution is -2.17. The highest BCUT2D eigenvalue weighted by Gasteiger charge is 2.31. The average molecular weight is 514 g/mol. The van der Waals surface area contributed by atoms with Crippen molar-refractivity contribution in [1.82, 2.24) is 0 Å². The number of hydrogen-bond donors (Lipinski definition) is 0. The molecule has 3 aromatic carbocycles. The number of hydrogen-bond acceptors (Lipinski definition) is 6. The van der Waals surface area contributed by atoms with Crippen molar-refractivity contribution in [2.75, 3.05) is 0 Å². The maximum absolute atomic E-state index is 12.5. The number of carbonyl (C=O) groups is 2. The minimum absolute atomic E-state index is 0.117. The van der Waals surface area contributed by atoms with Crippen LogP contribution in [0.1, 0.15) is 31.8 Å². The van der Waals surface area contributed by atoms with Crippen molar-refractivity contribution in [3.8, 4) is 11.5 Å². The van der Waals surface area contributed by atoms with Crippen molar-refractivity contribution in [3.63, 3.8) is 0 Å². The van der Waals surface area contributed by atoms with Crippen LogP contribution in [0.4, 0.5) is 26.3 Å². The molecule has 0 fully saturated rings. The maximum Gasteiger partial charge on any atom is 0.573 e. The number of carbonyl (C=O) groups excluding carboxylic acids is 2. The Labute approximate surface area is 200 Å². The van der Waals surface area contributed by atoms with Crippen LogP contribution in [-0.2, 0) is 22.7 Å². The van der Waals surface area contributed by atoms with Gasteiger partial charge in [0.1, 0.15) is 24.7 Å². The normalized spacial score (nSPS) is 11.5. The van der Waals surface area contributed by atoms with Crippen LogP contribution >= 0.6 is 0 Å². The Balaban J connectivity index is 1.58. The molecule has 190 valence electrons. The quantitative estimate of drug-likeness (QED) is 0.264. The highest BCUT2D eigenvalue weighted by molar-refractivity contribution is 6.03. The Hall–Kier alpha value is -4.22. The van der Waals surface area contributed by atoms with Crippen molar-refractivity contribution >= 4 is 11.9 Å². The summed E-state index contributed by atoms with van der Waals surface area (Å²) in [5, 5.41) is 0. The van der Waals surface area contributed by atoms with Crippen LogP contribution in [0, 0.1) is 0 Å². The molecule has 0 aliphatic rings. The summed E-state index contributed by atoms with van der Waals surface area (Å²) in [5.41, 5.74) is 0.508. The van der Waals surface area contributed by atoms with E-state index in [2.05, 4.69) is 9.47 Å². The Kier molecular flexibility index (Phi) is 8.07. The van der Waals surface area contributed by atoms with Crippen molar-refractivity contribution in [2.24, 2.45) is 0 Å². The first-order valence-electron chi connectivity index (χ1n) is 10.0. The van der Waals surface area contributed by atoms with E-state index in [9.17, 15) is 35.9 Å². The monoisotopic (exact) mass is 514 g/mol. The number of esters is 2. The molecule has 0 saturated heterocycles. The van der Waals surface area contributed by atoms with Crippen molar-refractivity contribution in [3.05, 3.63) is 95.1 Å². The predicted octanol–water partition coefficient (Wildman–Crippen LogP) is 6.20. The predicted molar refractivity (Wildman–Crippen MR) is 111 cm³/mol. The topological polar surface area (TPSA) is 71.1 Å². The van der Waals surface area contributed by atoms with Crippen LogP contribution in [0.25, 0.3) is 0 Å². The largest absolute Gasteiger partial charge is 0.573 e. The standard InChI is InChI=1S/C24H16F6O6/c25-23(26,27)35-17-9-5-15(6-10-17)13-33-21(31)19-3-1-2-4-20(19)22(32)34-14-16-7-11-18(12-8-16)36-24(28,29)30/h1-12H,13-14H2. The average Bonchev–Trinajstić information content (AvgIpc) is 2.81. The van der Waals surface area contributed by atoms with Gasteiger partial charge < -0.3 is 18.9 Å². The third-order valence-corrected chi connectivity index (χ3v) is 4.42. The third kappa shape index (κ3) is 8.22. The Morgan fingerprint density at radius 3 is 1.19 bits per heavy atom. The molecule has 0 bridgehead atoms. The van der Waals surface area contributed by atoms with Crippen LogP contribution in [0.15, 0.2) is 72.8 Å². The molecule has 0 aliphatic heterocycles. The lowest BCUT2D eigenvalue weighted by molar-refractivity contribution is -0.275. The summed E-state index contributed by atoms with van der Waals surface area (Å²) in [6.45, 7) is -0.582. The first kappa shape index (κ1) is 26.4. The molecule has 0 N–H and O–H groups in total. The van der Waals surface area contributed by atoms with Crippen molar-refractivity contribution < 1.29 is 54.9 Å². The summed E-state index contributed by atoms with van der Waals surface area (Å²) < 4.78 is 91.2. The summed E-state index contributed by atoms with van der Waals surface area (Å²) in [7, 11) is 0. The fourth-order valence-corrected chi connectivity index (χ4v) is 2.87. The first-order valence-corrected chi connectivity index (χ1v) is 10.0. The molecule has 36 heavy (non-hydrogen) atoms. The van der Waals surface area contributed by atoms with E-state index in [1.165, 1.54) is 48.5 Å². The molecular weight excluding hydrogens is 498 g/mol. The van der Waals surface area contributed by atoms with Gasteiger partial charge in [-0.25, -0.2) is 9.59 Å². The number of alkyl halides is 6. The molecule has 3 rings (SSSR count). The van der Waals surface area contributed by atoms with Gasteiger partial charge in [0.15, 0.2) is 0 Å². The van der Waals surface area contributed by atoms with Gasteiger partial charge in [0, 0.05) is 0 Å². The van der Waals surface area contributed by atoms with Gasteiger partial charge in [-0.1, -0.05) is 36.4 Å². The molecule has 3 aromatic rings. The summed E-state index contributed by atoms with van der Waals surface area (Å²) in [6, 6.07) is 15.0. The van der Waals surface area contributed by atoms with E-state index in [4.69, 9.17) is 9.47 Å². The van der Waals surface area contributed by atoms with Crippen LogP contribution in [-0.4, -0.2) is 24.7 Å². The second-order valence-corrected chi connectivity index (χ2v) is 7.08. The SMILES string of the molecule is O=C(OCc1ccc(OC(F)(F)F)cc1)c1ccccc1C(=O)OCc1ccc(OC(F)(F)F)cc1. The van der Waals surface area contributed by atoms with Gasteiger partial charge in [0.25, 0.3) is 0 Å². The Morgan fingerprint density at radius 2 is 0.889 bits per heavy atom. The van der Waals surface area contributed by atoms with Crippen LogP contribution < -0.4 is 9.47 Å². The van der Waals surface area contributed by atoms with Gasteiger partial charge in [-0.2, -0.15) is 0 Å². The highest BCUT2D eigenvalue weighted by atomic mass is 19.4. The van der Waals surface area contributed by atoms with Crippen LogP contribution in [0.3, 0.4) is 0 Å². The molecule has 0 heterocycles. The second-order valence-electron chi connectivity index (χ2n) is 7.08. The second kappa shape index (κ2) is 11.0. The minimum Gasteiger partial charge on any atom is -0.457 e. The van der Waals surface area contributed by atoms with E-state index in [1.54, 1.807) is 0 Å². The third-order valence-electron chi connectivity index (χ3n) is 4.42. The van der Waals surface area contributed by atoms with Gasteiger partial charge in [-0.15, -0.1) is 26.3 Å². The summed E-state index contributed by atoms with van der Waals surface area (Å²) in [4.78, 5) is 25.0. The zero-order valence-corrected chi connectivity index (χ0v) is 18.1. The summed E-state index contributed by atoms with van der Waals surface area (Å²) >= 11 is 0.